The quantitative estimate of drug-likeness (QED) is 0.731. The molecule has 0 spiro atoms. The van der Waals surface area contributed by atoms with Crippen LogP contribution in [-0.4, -0.2) is 10.9 Å². The molecule has 2 aromatic carbocycles. The SMILES string of the molecule is O=C(NCc1ccnc(OCc2ccccc2)c1)c1ccc(F)cc1F. The number of pyridine rings is 1. The summed E-state index contributed by atoms with van der Waals surface area (Å²) in [6.45, 7) is 0.546. The Morgan fingerprint density at radius 3 is 2.58 bits per heavy atom. The van der Waals surface area contributed by atoms with Gasteiger partial charge in [-0.3, -0.25) is 4.79 Å². The molecule has 1 heterocycles. The predicted molar refractivity (Wildman–Crippen MR) is 92.5 cm³/mol. The number of carbonyl (C=O) groups is 1. The summed E-state index contributed by atoms with van der Waals surface area (Å²) in [5.74, 6) is -1.82. The standard InChI is InChI=1S/C20H16F2N2O2/c21-16-6-7-17(18(22)11-16)20(25)24-12-15-8-9-23-19(10-15)26-13-14-4-2-1-3-5-14/h1-11H,12-13H2,(H,24,25). The molecule has 0 saturated carbocycles. The van der Waals surface area contributed by atoms with Gasteiger partial charge in [0.15, 0.2) is 0 Å². The van der Waals surface area contributed by atoms with Crippen LogP contribution < -0.4 is 10.1 Å². The van der Waals surface area contributed by atoms with Gasteiger partial charge in [0.2, 0.25) is 5.88 Å². The number of hydrogen-bond acceptors (Lipinski definition) is 3. The maximum Gasteiger partial charge on any atom is 0.254 e. The molecule has 0 radical (unpaired) electrons. The van der Waals surface area contributed by atoms with Gasteiger partial charge >= 0.3 is 0 Å². The maximum atomic E-state index is 13.6. The van der Waals surface area contributed by atoms with E-state index in [-0.39, 0.29) is 12.1 Å². The zero-order valence-electron chi connectivity index (χ0n) is 13.8. The van der Waals surface area contributed by atoms with Gasteiger partial charge in [-0.25, -0.2) is 13.8 Å². The fourth-order valence-corrected chi connectivity index (χ4v) is 2.32. The van der Waals surface area contributed by atoms with Gasteiger partial charge in [0.25, 0.3) is 5.91 Å². The fourth-order valence-electron chi connectivity index (χ4n) is 2.32. The highest BCUT2D eigenvalue weighted by atomic mass is 19.1. The molecule has 0 saturated heterocycles. The van der Waals surface area contributed by atoms with E-state index in [0.717, 1.165) is 23.3 Å². The molecule has 0 unspecified atom stereocenters. The number of nitrogens with zero attached hydrogens (tertiary/aromatic N) is 1. The molecule has 1 amide bonds. The first-order chi connectivity index (χ1) is 12.6. The Labute approximate surface area is 149 Å². The van der Waals surface area contributed by atoms with Crippen molar-refractivity contribution in [2.24, 2.45) is 0 Å². The molecule has 4 nitrogen and oxygen atoms in total. The van der Waals surface area contributed by atoms with E-state index in [1.807, 2.05) is 30.3 Å². The Balaban J connectivity index is 1.59. The summed E-state index contributed by atoms with van der Waals surface area (Å²) in [5, 5.41) is 2.59. The van der Waals surface area contributed by atoms with Crippen LogP contribution in [0.3, 0.4) is 0 Å². The van der Waals surface area contributed by atoms with E-state index in [2.05, 4.69) is 10.3 Å². The Kier molecular flexibility index (Phi) is 5.53. The Morgan fingerprint density at radius 1 is 1.00 bits per heavy atom. The van der Waals surface area contributed by atoms with Crippen molar-refractivity contribution in [1.29, 1.82) is 0 Å². The Hall–Kier alpha value is -3.28. The van der Waals surface area contributed by atoms with Crippen molar-refractivity contribution in [2.75, 3.05) is 0 Å². The lowest BCUT2D eigenvalue weighted by atomic mass is 10.2. The second kappa shape index (κ2) is 8.20. The summed E-state index contributed by atoms with van der Waals surface area (Å²) in [6, 6.07) is 15.9. The molecule has 0 bridgehead atoms. The minimum Gasteiger partial charge on any atom is -0.473 e. The molecule has 6 heteroatoms. The van der Waals surface area contributed by atoms with Gasteiger partial charge in [0.05, 0.1) is 5.56 Å². The van der Waals surface area contributed by atoms with Crippen LogP contribution in [0.5, 0.6) is 5.88 Å². The van der Waals surface area contributed by atoms with Crippen LogP contribution in [0.2, 0.25) is 0 Å². The third kappa shape index (κ3) is 4.63. The molecule has 3 rings (SSSR count). The van der Waals surface area contributed by atoms with Crippen molar-refractivity contribution in [1.82, 2.24) is 10.3 Å². The number of rotatable bonds is 6. The first-order valence-electron chi connectivity index (χ1n) is 7.97. The average molecular weight is 354 g/mol. The summed E-state index contributed by atoms with van der Waals surface area (Å²) in [4.78, 5) is 16.2. The first-order valence-corrected chi connectivity index (χ1v) is 7.97. The summed E-state index contributed by atoms with van der Waals surface area (Å²) in [7, 11) is 0. The highest BCUT2D eigenvalue weighted by Crippen LogP contribution is 2.13. The summed E-state index contributed by atoms with van der Waals surface area (Å²) in [6.07, 6.45) is 1.57. The smallest absolute Gasteiger partial charge is 0.254 e. The van der Waals surface area contributed by atoms with Gasteiger partial charge in [-0.05, 0) is 29.3 Å². The van der Waals surface area contributed by atoms with Crippen LogP contribution in [0.4, 0.5) is 8.78 Å². The van der Waals surface area contributed by atoms with E-state index in [1.54, 1.807) is 18.3 Å². The lowest BCUT2D eigenvalue weighted by Gasteiger charge is -2.09. The number of aromatic nitrogens is 1. The molecule has 1 N–H and O–H groups in total. The van der Waals surface area contributed by atoms with Crippen LogP contribution in [0.25, 0.3) is 0 Å². The Bertz CT molecular complexity index is 901. The second-order valence-corrected chi connectivity index (χ2v) is 5.58. The fraction of sp³-hybridized carbons (Fsp3) is 0.100. The third-order valence-corrected chi connectivity index (χ3v) is 3.66. The van der Waals surface area contributed by atoms with E-state index in [0.29, 0.717) is 18.6 Å². The lowest BCUT2D eigenvalue weighted by molar-refractivity contribution is 0.0946. The number of nitrogens with one attached hydrogen (secondary N) is 1. The molecule has 0 aliphatic carbocycles. The van der Waals surface area contributed by atoms with E-state index in [9.17, 15) is 13.6 Å². The van der Waals surface area contributed by atoms with E-state index in [1.165, 1.54) is 0 Å². The van der Waals surface area contributed by atoms with Crippen molar-refractivity contribution in [2.45, 2.75) is 13.2 Å². The molecule has 1 aromatic heterocycles. The number of hydrogen-bond donors (Lipinski definition) is 1. The zero-order chi connectivity index (χ0) is 18.4. The number of carbonyl (C=O) groups excluding carboxylic acids is 1. The van der Waals surface area contributed by atoms with Crippen molar-refractivity contribution in [3.05, 3.63) is 95.2 Å². The van der Waals surface area contributed by atoms with Gasteiger partial charge in [-0.2, -0.15) is 0 Å². The van der Waals surface area contributed by atoms with E-state index in [4.69, 9.17) is 4.74 Å². The molecule has 26 heavy (non-hydrogen) atoms. The van der Waals surface area contributed by atoms with Crippen molar-refractivity contribution in [3.8, 4) is 5.88 Å². The number of ether oxygens (including phenoxy) is 1. The van der Waals surface area contributed by atoms with E-state index >= 15 is 0 Å². The van der Waals surface area contributed by atoms with Crippen molar-refractivity contribution < 1.29 is 18.3 Å². The van der Waals surface area contributed by atoms with Crippen molar-refractivity contribution in [3.63, 3.8) is 0 Å². The van der Waals surface area contributed by atoms with Crippen LogP contribution in [0.1, 0.15) is 21.5 Å². The highest BCUT2D eigenvalue weighted by molar-refractivity contribution is 5.94. The zero-order valence-corrected chi connectivity index (χ0v) is 13.8. The minimum absolute atomic E-state index is 0.167. The van der Waals surface area contributed by atoms with Gasteiger partial charge in [0, 0.05) is 24.9 Å². The van der Waals surface area contributed by atoms with Gasteiger partial charge in [-0.15, -0.1) is 0 Å². The largest absolute Gasteiger partial charge is 0.473 e. The van der Waals surface area contributed by atoms with Gasteiger partial charge in [0.1, 0.15) is 18.2 Å². The monoisotopic (exact) mass is 354 g/mol. The molecule has 132 valence electrons. The summed E-state index contributed by atoms with van der Waals surface area (Å²) in [5.41, 5.74) is 1.56. The van der Waals surface area contributed by atoms with Gasteiger partial charge in [-0.1, -0.05) is 30.3 Å². The minimum atomic E-state index is -0.899. The highest BCUT2D eigenvalue weighted by Gasteiger charge is 2.12. The molecule has 0 atom stereocenters. The third-order valence-electron chi connectivity index (χ3n) is 3.66. The van der Waals surface area contributed by atoms with Crippen LogP contribution in [-0.2, 0) is 13.2 Å². The van der Waals surface area contributed by atoms with Crippen LogP contribution >= 0.6 is 0 Å². The topological polar surface area (TPSA) is 51.2 Å². The number of halogens is 2. The molecular formula is C20H16F2N2O2. The first kappa shape index (κ1) is 17.5. The van der Waals surface area contributed by atoms with Crippen molar-refractivity contribution >= 4 is 5.91 Å². The molecule has 0 fully saturated rings. The van der Waals surface area contributed by atoms with Gasteiger partial charge < -0.3 is 10.1 Å². The molecule has 0 aliphatic rings. The summed E-state index contributed by atoms with van der Waals surface area (Å²) < 4.78 is 32.2. The predicted octanol–water partition coefficient (Wildman–Crippen LogP) is 3.87. The number of amides is 1. The van der Waals surface area contributed by atoms with E-state index < -0.39 is 17.5 Å². The Morgan fingerprint density at radius 2 is 1.81 bits per heavy atom. The molecule has 0 aliphatic heterocycles. The van der Waals surface area contributed by atoms with Crippen LogP contribution in [0, 0.1) is 11.6 Å². The summed E-state index contributed by atoms with van der Waals surface area (Å²) >= 11 is 0. The molecule has 3 aromatic rings. The van der Waals surface area contributed by atoms with Crippen LogP contribution in [0.15, 0.2) is 66.9 Å². The maximum absolute atomic E-state index is 13.6. The number of benzene rings is 2. The normalized spacial score (nSPS) is 10.4. The second-order valence-electron chi connectivity index (χ2n) is 5.58. The lowest BCUT2D eigenvalue weighted by Crippen LogP contribution is -2.24. The average Bonchev–Trinajstić information content (AvgIpc) is 2.66. The molecular weight excluding hydrogens is 338 g/mol.